The summed E-state index contributed by atoms with van der Waals surface area (Å²) in [6.07, 6.45) is 9.34. The highest BCUT2D eigenvalue weighted by Crippen LogP contribution is 2.46. The molecule has 120 valence electrons. The largest absolute Gasteiger partial charge is 0.375 e. The first kappa shape index (κ1) is 14.5. The Hall–Kier alpha value is -0.120. The molecule has 3 heterocycles. The average molecular weight is 292 g/mol. The van der Waals surface area contributed by atoms with E-state index in [0.717, 1.165) is 24.5 Å². The predicted molar refractivity (Wildman–Crippen MR) is 85.4 cm³/mol. The van der Waals surface area contributed by atoms with E-state index in [1.54, 1.807) is 0 Å². The van der Waals surface area contributed by atoms with E-state index in [1.807, 2.05) is 0 Å². The normalized spacial score (nSPS) is 42.3. The molecule has 0 aromatic carbocycles. The molecule has 1 saturated carbocycles. The molecule has 4 rings (SSSR count). The molecular formula is C18H32N2O. The van der Waals surface area contributed by atoms with Crippen LogP contribution in [0, 0.1) is 11.8 Å². The van der Waals surface area contributed by atoms with Crippen LogP contribution in [0.15, 0.2) is 0 Å². The Morgan fingerprint density at radius 2 is 1.90 bits per heavy atom. The minimum atomic E-state index is 0.243. The monoisotopic (exact) mass is 292 g/mol. The molecule has 0 aromatic rings. The second kappa shape index (κ2) is 5.21. The zero-order valence-electron chi connectivity index (χ0n) is 13.9. The number of ether oxygens (including phenoxy) is 1. The third-order valence-electron chi connectivity index (χ3n) is 7.09. The molecule has 3 heteroatoms. The van der Waals surface area contributed by atoms with Crippen molar-refractivity contribution in [1.29, 1.82) is 0 Å². The lowest BCUT2D eigenvalue weighted by molar-refractivity contribution is -0.131. The van der Waals surface area contributed by atoms with Crippen LogP contribution < -0.4 is 5.32 Å². The third kappa shape index (κ3) is 2.36. The molecule has 3 unspecified atom stereocenters. The van der Waals surface area contributed by atoms with Gasteiger partial charge in [-0.2, -0.15) is 0 Å². The Labute approximate surface area is 129 Å². The van der Waals surface area contributed by atoms with Crippen molar-refractivity contribution in [2.24, 2.45) is 11.8 Å². The summed E-state index contributed by atoms with van der Waals surface area (Å²) < 4.78 is 6.32. The smallest absolute Gasteiger partial charge is 0.0697 e. The van der Waals surface area contributed by atoms with Gasteiger partial charge in [0.05, 0.1) is 5.60 Å². The molecule has 21 heavy (non-hydrogen) atoms. The number of nitrogens with zero attached hydrogens (tertiary/aromatic N) is 1. The van der Waals surface area contributed by atoms with E-state index in [9.17, 15) is 0 Å². The number of hydrogen-bond donors (Lipinski definition) is 1. The first-order valence-electron chi connectivity index (χ1n) is 9.22. The summed E-state index contributed by atoms with van der Waals surface area (Å²) in [4.78, 5) is 2.88. The van der Waals surface area contributed by atoms with Crippen LogP contribution in [-0.2, 0) is 4.74 Å². The lowest BCUT2D eigenvalue weighted by Gasteiger charge is -2.49. The number of hydrogen-bond acceptors (Lipinski definition) is 3. The summed E-state index contributed by atoms with van der Waals surface area (Å²) in [7, 11) is 0. The highest BCUT2D eigenvalue weighted by Gasteiger charge is 2.53. The van der Waals surface area contributed by atoms with Crippen LogP contribution in [0.3, 0.4) is 0 Å². The van der Waals surface area contributed by atoms with Crippen LogP contribution in [-0.4, -0.2) is 48.3 Å². The lowest BCUT2D eigenvalue weighted by atomic mass is 9.77. The molecule has 3 saturated heterocycles. The van der Waals surface area contributed by atoms with Gasteiger partial charge in [0, 0.05) is 31.3 Å². The van der Waals surface area contributed by atoms with Crippen molar-refractivity contribution >= 4 is 0 Å². The van der Waals surface area contributed by atoms with E-state index < -0.39 is 0 Å². The van der Waals surface area contributed by atoms with Crippen LogP contribution in [0.4, 0.5) is 0 Å². The van der Waals surface area contributed by atoms with Crippen LogP contribution in [0.25, 0.3) is 0 Å². The van der Waals surface area contributed by atoms with Crippen LogP contribution >= 0.6 is 0 Å². The average Bonchev–Trinajstić information content (AvgIpc) is 3.02. The molecule has 1 aliphatic carbocycles. The second-order valence-electron chi connectivity index (χ2n) is 8.57. The van der Waals surface area contributed by atoms with E-state index in [4.69, 9.17) is 4.74 Å². The summed E-state index contributed by atoms with van der Waals surface area (Å²) in [5.41, 5.74) is 0.610. The van der Waals surface area contributed by atoms with Crippen molar-refractivity contribution < 1.29 is 4.74 Å². The van der Waals surface area contributed by atoms with Crippen LogP contribution in [0.1, 0.15) is 58.8 Å². The molecule has 4 fully saturated rings. The number of rotatable bonds is 1. The molecule has 3 nitrogen and oxygen atoms in total. The SMILES string of the molecule is CC1(C)C2CNCC2CN1C1CCOC2(CCCCC2)C1. The minimum absolute atomic E-state index is 0.243. The van der Waals surface area contributed by atoms with Gasteiger partial charge >= 0.3 is 0 Å². The summed E-state index contributed by atoms with van der Waals surface area (Å²) in [5, 5.41) is 3.61. The quantitative estimate of drug-likeness (QED) is 0.804. The Morgan fingerprint density at radius 1 is 1.10 bits per heavy atom. The molecule has 0 aromatic heterocycles. The lowest BCUT2D eigenvalue weighted by Crippen LogP contribution is -2.55. The van der Waals surface area contributed by atoms with Gasteiger partial charge in [0.2, 0.25) is 0 Å². The number of nitrogens with one attached hydrogen (secondary N) is 1. The molecule has 4 aliphatic rings. The van der Waals surface area contributed by atoms with Gasteiger partial charge in [-0.3, -0.25) is 4.90 Å². The van der Waals surface area contributed by atoms with Gasteiger partial charge in [-0.25, -0.2) is 0 Å². The zero-order valence-corrected chi connectivity index (χ0v) is 13.9. The molecule has 3 atom stereocenters. The topological polar surface area (TPSA) is 24.5 Å². The zero-order chi connectivity index (χ0) is 14.5. The minimum Gasteiger partial charge on any atom is -0.375 e. The molecular weight excluding hydrogens is 260 g/mol. The summed E-state index contributed by atoms with van der Waals surface area (Å²) in [6, 6.07) is 0.762. The highest BCUT2D eigenvalue weighted by molar-refractivity contribution is 5.07. The van der Waals surface area contributed by atoms with Crippen molar-refractivity contribution in [3.63, 3.8) is 0 Å². The molecule has 1 N–H and O–H groups in total. The number of fused-ring (bicyclic) bond motifs is 1. The van der Waals surface area contributed by atoms with Gasteiger partial charge in [-0.05, 0) is 57.9 Å². The number of likely N-dealkylation sites (tertiary alicyclic amines) is 1. The van der Waals surface area contributed by atoms with Gasteiger partial charge in [0.15, 0.2) is 0 Å². The first-order valence-corrected chi connectivity index (χ1v) is 9.22. The van der Waals surface area contributed by atoms with Crippen molar-refractivity contribution in [2.45, 2.75) is 76.0 Å². The maximum absolute atomic E-state index is 6.32. The van der Waals surface area contributed by atoms with Gasteiger partial charge < -0.3 is 10.1 Å². The van der Waals surface area contributed by atoms with E-state index in [2.05, 4.69) is 24.1 Å². The molecule has 0 bridgehead atoms. The first-order chi connectivity index (χ1) is 10.1. The third-order valence-corrected chi connectivity index (χ3v) is 7.09. The molecule has 0 amide bonds. The Bertz CT molecular complexity index is 383. The maximum atomic E-state index is 6.32. The Balaban J connectivity index is 1.51. The van der Waals surface area contributed by atoms with Gasteiger partial charge in [0.25, 0.3) is 0 Å². The van der Waals surface area contributed by atoms with Gasteiger partial charge in [0.1, 0.15) is 0 Å². The Morgan fingerprint density at radius 3 is 2.67 bits per heavy atom. The molecule has 3 aliphatic heterocycles. The van der Waals surface area contributed by atoms with Gasteiger partial charge in [-0.15, -0.1) is 0 Å². The van der Waals surface area contributed by atoms with E-state index >= 15 is 0 Å². The fraction of sp³-hybridized carbons (Fsp3) is 1.00. The molecule has 0 radical (unpaired) electrons. The van der Waals surface area contributed by atoms with Crippen LogP contribution in [0.5, 0.6) is 0 Å². The fourth-order valence-electron chi connectivity index (χ4n) is 5.88. The van der Waals surface area contributed by atoms with Crippen molar-refractivity contribution in [1.82, 2.24) is 10.2 Å². The fourth-order valence-corrected chi connectivity index (χ4v) is 5.88. The van der Waals surface area contributed by atoms with E-state index in [-0.39, 0.29) is 5.60 Å². The van der Waals surface area contributed by atoms with Crippen LogP contribution in [0.2, 0.25) is 0 Å². The Kier molecular flexibility index (Phi) is 3.59. The highest BCUT2D eigenvalue weighted by atomic mass is 16.5. The second-order valence-corrected chi connectivity index (χ2v) is 8.57. The van der Waals surface area contributed by atoms with Crippen molar-refractivity contribution in [2.75, 3.05) is 26.2 Å². The summed E-state index contributed by atoms with van der Waals surface area (Å²) in [6.45, 7) is 9.75. The summed E-state index contributed by atoms with van der Waals surface area (Å²) >= 11 is 0. The van der Waals surface area contributed by atoms with E-state index in [0.29, 0.717) is 5.54 Å². The predicted octanol–water partition coefficient (Wildman–Crippen LogP) is 2.80. The van der Waals surface area contributed by atoms with Crippen molar-refractivity contribution in [3.8, 4) is 0 Å². The van der Waals surface area contributed by atoms with E-state index in [1.165, 1.54) is 64.6 Å². The summed E-state index contributed by atoms with van der Waals surface area (Å²) in [5.74, 6) is 1.73. The molecule has 1 spiro atoms. The maximum Gasteiger partial charge on any atom is 0.0697 e. The standard InChI is InChI=1S/C18H32N2O/c1-17(2)16-12-19-11-14(16)13-20(17)15-6-9-21-18(10-15)7-4-3-5-8-18/h14-16,19H,3-13H2,1-2H3. The van der Waals surface area contributed by atoms with Crippen molar-refractivity contribution in [3.05, 3.63) is 0 Å². The van der Waals surface area contributed by atoms with Gasteiger partial charge in [-0.1, -0.05) is 19.3 Å².